The van der Waals surface area contributed by atoms with Crippen molar-refractivity contribution in [2.75, 3.05) is 13.6 Å². The fourth-order valence-electron chi connectivity index (χ4n) is 6.70. The van der Waals surface area contributed by atoms with Crippen molar-refractivity contribution in [1.29, 1.82) is 0 Å². The summed E-state index contributed by atoms with van der Waals surface area (Å²) in [7, 11) is 2.04. The second-order valence-corrected chi connectivity index (χ2v) is 8.32. The van der Waals surface area contributed by atoms with E-state index in [0.29, 0.717) is 5.92 Å². The molecule has 2 amide bonds. The Morgan fingerprint density at radius 1 is 1.10 bits per heavy atom. The Morgan fingerprint density at radius 2 is 1.65 bits per heavy atom. The van der Waals surface area contributed by atoms with Crippen molar-refractivity contribution in [3.8, 4) is 0 Å². The molecule has 5 rings (SSSR count). The first-order valence-electron chi connectivity index (χ1n) is 8.54. The second kappa shape index (κ2) is 4.14. The molecule has 0 aromatic carbocycles. The van der Waals surface area contributed by atoms with Crippen LogP contribution in [0.5, 0.6) is 0 Å². The molecule has 0 aromatic rings. The molecule has 0 aromatic heterocycles. The molecule has 5 aliphatic rings. The standard InChI is InChI=1S/C17H28N2O/c1-10(2)17(9-18-16(20)19(17)3)15-13-5-11-4-12(7-13)8-14(15)6-11/h10-15H,4-9H2,1-3H3,(H,18,20)/t11?,12?,13?,14?,15?,17-/m1/s1. The maximum Gasteiger partial charge on any atom is 0.317 e. The highest BCUT2D eigenvalue weighted by Crippen LogP contribution is 2.61. The van der Waals surface area contributed by atoms with Gasteiger partial charge in [0.05, 0.1) is 5.54 Å². The molecule has 0 spiro atoms. The Kier molecular flexibility index (Phi) is 2.69. The monoisotopic (exact) mass is 276 g/mol. The molecule has 0 radical (unpaired) electrons. The van der Waals surface area contributed by atoms with E-state index < -0.39 is 0 Å². The Bertz CT molecular complexity index is 405. The highest BCUT2D eigenvalue weighted by molar-refractivity contribution is 5.77. The topological polar surface area (TPSA) is 32.3 Å². The Balaban J connectivity index is 1.73. The summed E-state index contributed by atoms with van der Waals surface area (Å²) in [5.74, 6) is 5.04. The van der Waals surface area contributed by atoms with E-state index in [4.69, 9.17) is 0 Å². The van der Waals surface area contributed by atoms with Gasteiger partial charge in [0.1, 0.15) is 0 Å². The van der Waals surface area contributed by atoms with Crippen molar-refractivity contribution in [2.24, 2.45) is 35.5 Å². The minimum atomic E-state index is 0.0691. The summed E-state index contributed by atoms with van der Waals surface area (Å²) in [6.45, 7) is 5.51. The van der Waals surface area contributed by atoms with Gasteiger partial charge in [-0.15, -0.1) is 0 Å². The molecule has 0 unspecified atom stereocenters. The van der Waals surface area contributed by atoms with Crippen LogP contribution in [0.3, 0.4) is 0 Å². The average molecular weight is 276 g/mol. The predicted octanol–water partition coefficient (Wildman–Crippen LogP) is 3.11. The number of hydrogen-bond acceptors (Lipinski definition) is 1. The van der Waals surface area contributed by atoms with Crippen molar-refractivity contribution in [3.63, 3.8) is 0 Å². The molecule has 3 nitrogen and oxygen atoms in total. The van der Waals surface area contributed by atoms with Crippen LogP contribution >= 0.6 is 0 Å². The SMILES string of the molecule is CC(C)[C@@]1(C2C3CC4CC(C3)CC2C4)CNC(=O)N1C. The first-order valence-corrected chi connectivity index (χ1v) is 8.54. The summed E-state index contributed by atoms with van der Waals surface area (Å²) in [6.07, 6.45) is 7.26. The zero-order valence-corrected chi connectivity index (χ0v) is 13.1. The molecule has 4 saturated carbocycles. The van der Waals surface area contributed by atoms with Crippen molar-refractivity contribution in [1.82, 2.24) is 10.2 Å². The number of amides is 2. The Morgan fingerprint density at radius 3 is 2.05 bits per heavy atom. The van der Waals surface area contributed by atoms with Crippen LogP contribution < -0.4 is 5.32 Å². The lowest BCUT2D eigenvalue weighted by Gasteiger charge is -2.61. The number of nitrogens with one attached hydrogen (secondary N) is 1. The van der Waals surface area contributed by atoms with Gasteiger partial charge >= 0.3 is 6.03 Å². The van der Waals surface area contributed by atoms with E-state index in [0.717, 1.165) is 36.1 Å². The second-order valence-electron chi connectivity index (χ2n) is 8.32. The van der Waals surface area contributed by atoms with Crippen LogP contribution in [-0.2, 0) is 0 Å². The molecule has 1 N–H and O–H groups in total. The van der Waals surface area contributed by atoms with Gasteiger partial charge < -0.3 is 10.2 Å². The summed E-state index contributed by atoms with van der Waals surface area (Å²) in [5, 5.41) is 3.14. The number of urea groups is 1. The lowest BCUT2D eigenvalue weighted by Crippen LogP contribution is -2.63. The maximum absolute atomic E-state index is 12.1. The van der Waals surface area contributed by atoms with Crippen LogP contribution in [0, 0.1) is 35.5 Å². The van der Waals surface area contributed by atoms with Crippen LogP contribution in [0.4, 0.5) is 4.79 Å². The lowest BCUT2D eigenvalue weighted by molar-refractivity contribution is -0.105. The third-order valence-corrected chi connectivity index (χ3v) is 7.26. The summed E-state index contributed by atoms with van der Waals surface area (Å²) >= 11 is 0. The maximum atomic E-state index is 12.1. The minimum absolute atomic E-state index is 0.0691. The van der Waals surface area contributed by atoms with Gasteiger partial charge in [0, 0.05) is 13.6 Å². The van der Waals surface area contributed by atoms with Crippen LogP contribution in [-0.4, -0.2) is 30.1 Å². The van der Waals surface area contributed by atoms with E-state index in [2.05, 4.69) is 24.1 Å². The first-order chi connectivity index (χ1) is 9.52. The molecule has 4 aliphatic carbocycles. The quantitative estimate of drug-likeness (QED) is 0.826. The van der Waals surface area contributed by atoms with E-state index in [-0.39, 0.29) is 11.6 Å². The zero-order valence-electron chi connectivity index (χ0n) is 13.1. The number of rotatable bonds is 2. The summed E-state index contributed by atoms with van der Waals surface area (Å²) in [4.78, 5) is 14.2. The molecule has 1 atom stereocenters. The minimum Gasteiger partial charge on any atom is -0.336 e. The smallest absolute Gasteiger partial charge is 0.317 e. The highest BCUT2D eigenvalue weighted by Gasteiger charge is 2.60. The normalized spacial score (nSPS) is 50.1. The van der Waals surface area contributed by atoms with Crippen LogP contribution in [0.1, 0.15) is 46.0 Å². The molecule has 1 heterocycles. The van der Waals surface area contributed by atoms with Crippen molar-refractivity contribution in [3.05, 3.63) is 0 Å². The van der Waals surface area contributed by atoms with Crippen molar-refractivity contribution in [2.45, 2.75) is 51.5 Å². The van der Waals surface area contributed by atoms with E-state index in [9.17, 15) is 4.79 Å². The number of carbonyl (C=O) groups excluding carboxylic acids is 1. The van der Waals surface area contributed by atoms with Gasteiger partial charge in [0.2, 0.25) is 0 Å². The molecule has 112 valence electrons. The van der Waals surface area contributed by atoms with Gasteiger partial charge in [-0.2, -0.15) is 0 Å². The third kappa shape index (κ3) is 1.50. The van der Waals surface area contributed by atoms with Gasteiger partial charge in [-0.1, -0.05) is 13.8 Å². The Hall–Kier alpha value is -0.730. The number of carbonyl (C=O) groups is 1. The summed E-state index contributed by atoms with van der Waals surface area (Å²) in [5.41, 5.74) is 0.0691. The molecular formula is C17H28N2O. The van der Waals surface area contributed by atoms with Gasteiger partial charge in [-0.25, -0.2) is 4.79 Å². The Labute approximate surface area is 122 Å². The zero-order chi connectivity index (χ0) is 14.1. The summed E-state index contributed by atoms with van der Waals surface area (Å²) < 4.78 is 0. The number of likely N-dealkylation sites (N-methyl/N-ethyl adjacent to an activating group) is 1. The molecule has 5 fully saturated rings. The molecular weight excluding hydrogens is 248 g/mol. The van der Waals surface area contributed by atoms with E-state index >= 15 is 0 Å². The van der Waals surface area contributed by atoms with Gasteiger partial charge in [0.25, 0.3) is 0 Å². The molecule has 4 bridgehead atoms. The number of nitrogens with zero attached hydrogens (tertiary/aromatic N) is 1. The van der Waals surface area contributed by atoms with Crippen LogP contribution in [0.25, 0.3) is 0 Å². The molecule has 3 heteroatoms. The predicted molar refractivity (Wildman–Crippen MR) is 79.3 cm³/mol. The van der Waals surface area contributed by atoms with E-state index in [1.54, 1.807) is 0 Å². The van der Waals surface area contributed by atoms with Gasteiger partial charge in [-0.05, 0) is 67.6 Å². The highest BCUT2D eigenvalue weighted by atomic mass is 16.2. The largest absolute Gasteiger partial charge is 0.336 e. The molecule has 1 saturated heterocycles. The van der Waals surface area contributed by atoms with E-state index in [1.165, 1.54) is 32.1 Å². The van der Waals surface area contributed by atoms with E-state index in [1.807, 2.05) is 7.05 Å². The van der Waals surface area contributed by atoms with Crippen LogP contribution in [0.15, 0.2) is 0 Å². The van der Waals surface area contributed by atoms with Gasteiger partial charge in [0.15, 0.2) is 0 Å². The van der Waals surface area contributed by atoms with Crippen molar-refractivity contribution >= 4 is 6.03 Å². The van der Waals surface area contributed by atoms with Crippen molar-refractivity contribution < 1.29 is 4.79 Å². The number of hydrogen-bond donors (Lipinski definition) is 1. The fourth-order valence-corrected chi connectivity index (χ4v) is 6.70. The lowest BCUT2D eigenvalue weighted by atomic mass is 9.47. The van der Waals surface area contributed by atoms with Crippen LogP contribution in [0.2, 0.25) is 0 Å². The summed E-state index contributed by atoms with van der Waals surface area (Å²) in [6, 6.07) is 0.146. The third-order valence-electron chi connectivity index (χ3n) is 7.26. The molecule has 1 aliphatic heterocycles. The average Bonchev–Trinajstić information content (AvgIpc) is 2.67. The first kappa shape index (κ1) is 13.0. The van der Waals surface area contributed by atoms with Gasteiger partial charge in [-0.3, -0.25) is 0 Å². The fraction of sp³-hybridized carbons (Fsp3) is 0.941. The molecule has 20 heavy (non-hydrogen) atoms.